The third kappa shape index (κ3) is 2.28. The molecule has 3 nitrogen and oxygen atoms in total. The minimum absolute atomic E-state index is 0.0729. The van der Waals surface area contributed by atoms with E-state index in [1.54, 1.807) is 13.8 Å². The lowest BCUT2D eigenvalue weighted by atomic mass is 10.1. The Bertz CT molecular complexity index is 302. The molecule has 0 N–H and O–H groups in total. The van der Waals surface area contributed by atoms with Gasteiger partial charge in [0, 0.05) is 0 Å². The van der Waals surface area contributed by atoms with Crippen LogP contribution >= 0.6 is 0 Å². The van der Waals surface area contributed by atoms with E-state index in [0.29, 0.717) is 12.2 Å². The van der Waals surface area contributed by atoms with Gasteiger partial charge in [0.1, 0.15) is 6.29 Å². The molecule has 15 heavy (non-hydrogen) atoms. The SMILES string of the molecule is CCOC(=O)C1C(/C=C(\C)C=O)C1(C)C. The molecule has 3 heteroatoms. The lowest BCUT2D eigenvalue weighted by Crippen LogP contribution is -2.10. The molecular weight excluding hydrogens is 192 g/mol. The Morgan fingerprint density at radius 1 is 1.47 bits per heavy atom. The van der Waals surface area contributed by atoms with Gasteiger partial charge in [0.15, 0.2) is 0 Å². The van der Waals surface area contributed by atoms with Crippen LogP contribution in [0.1, 0.15) is 27.7 Å². The molecule has 2 unspecified atom stereocenters. The molecule has 0 aromatic carbocycles. The van der Waals surface area contributed by atoms with Crippen LogP contribution in [0.25, 0.3) is 0 Å². The Balaban J connectivity index is 2.71. The number of allylic oxidation sites excluding steroid dienone is 2. The molecule has 0 bridgehead atoms. The molecule has 2 atom stereocenters. The Morgan fingerprint density at radius 3 is 2.53 bits per heavy atom. The maximum absolute atomic E-state index is 11.6. The minimum atomic E-state index is -0.151. The van der Waals surface area contributed by atoms with Crippen molar-refractivity contribution < 1.29 is 14.3 Å². The maximum atomic E-state index is 11.6. The predicted molar refractivity (Wildman–Crippen MR) is 57.2 cm³/mol. The van der Waals surface area contributed by atoms with E-state index < -0.39 is 0 Å². The third-order valence-corrected chi connectivity index (χ3v) is 3.08. The maximum Gasteiger partial charge on any atom is 0.310 e. The second-order valence-electron chi connectivity index (χ2n) is 4.61. The Morgan fingerprint density at radius 2 is 2.07 bits per heavy atom. The van der Waals surface area contributed by atoms with E-state index in [2.05, 4.69) is 0 Å². The van der Waals surface area contributed by atoms with Crippen molar-refractivity contribution in [1.29, 1.82) is 0 Å². The van der Waals surface area contributed by atoms with Crippen molar-refractivity contribution in [3.8, 4) is 0 Å². The summed E-state index contributed by atoms with van der Waals surface area (Å²) in [5.74, 6) is -0.100. The third-order valence-electron chi connectivity index (χ3n) is 3.08. The molecule has 0 radical (unpaired) electrons. The van der Waals surface area contributed by atoms with Crippen LogP contribution in [0.5, 0.6) is 0 Å². The van der Waals surface area contributed by atoms with Crippen LogP contribution in [-0.2, 0) is 14.3 Å². The summed E-state index contributed by atoms with van der Waals surface area (Å²) in [5.41, 5.74) is 0.608. The van der Waals surface area contributed by atoms with Gasteiger partial charge in [0.05, 0.1) is 12.5 Å². The Hall–Kier alpha value is -1.12. The van der Waals surface area contributed by atoms with E-state index in [1.165, 1.54) is 0 Å². The first-order valence-corrected chi connectivity index (χ1v) is 5.25. The lowest BCUT2D eigenvalue weighted by molar-refractivity contribution is -0.145. The van der Waals surface area contributed by atoms with Crippen molar-refractivity contribution in [1.82, 2.24) is 0 Å². The van der Waals surface area contributed by atoms with Crippen LogP contribution in [0.4, 0.5) is 0 Å². The van der Waals surface area contributed by atoms with E-state index >= 15 is 0 Å². The van der Waals surface area contributed by atoms with Crippen LogP contribution in [0.2, 0.25) is 0 Å². The Kier molecular flexibility index (Phi) is 3.32. The first-order valence-electron chi connectivity index (χ1n) is 5.25. The second kappa shape index (κ2) is 4.17. The fourth-order valence-corrected chi connectivity index (χ4v) is 1.99. The van der Waals surface area contributed by atoms with Crippen LogP contribution in [0.3, 0.4) is 0 Å². The quantitative estimate of drug-likeness (QED) is 0.405. The summed E-state index contributed by atoms with van der Waals surface area (Å²) in [6.07, 6.45) is 2.69. The van der Waals surface area contributed by atoms with Gasteiger partial charge in [-0.3, -0.25) is 9.59 Å². The van der Waals surface area contributed by atoms with Gasteiger partial charge in [0.2, 0.25) is 0 Å². The van der Waals surface area contributed by atoms with E-state index in [4.69, 9.17) is 4.74 Å². The summed E-state index contributed by atoms with van der Waals surface area (Å²) in [6, 6.07) is 0. The zero-order valence-electron chi connectivity index (χ0n) is 9.74. The van der Waals surface area contributed by atoms with E-state index in [1.807, 2.05) is 19.9 Å². The van der Waals surface area contributed by atoms with Gasteiger partial charge >= 0.3 is 5.97 Å². The normalized spacial score (nSPS) is 28.4. The first kappa shape index (κ1) is 12.0. The number of ether oxygens (including phenoxy) is 1. The molecule has 0 amide bonds. The number of esters is 1. The lowest BCUT2D eigenvalue weighted by Gasteiger charge is -2.01. The molecule has 0 aromatic rings. The first-order chi connectivity index (χ1) is 6.95. The fourth-order valence-electron chi connectivity index (χ4n) is 1.99. The van der Waals surface area contributed by atoms with Gasteiger partial charge in [-0.05, 0) is 30.8 Å². The number of hydrogen-bond donors (Lipinski definition) is 0. The second-order valence-corrected chi connectivity index (χ2v) is 4.61. The highest BCUT2D eigenvalue weighted by molar-refractivity contribution is 5.79. The molecule has 1 fully saturated rings. The highest BCUT2D eigenvalue weighted by Crippen LogP contribution is 2.59. The largest absolute Gasteiger partial charge is 0.466 e. The van der Waals surface area contributed by atoms with Gasteiger partial charge in [0.25, 0.3) is 0 Å². The molecule has 1 rings (SSSR count). The number of carbonyl (C=O) groups excluding carboxylic acids is 2. The molecule has 0 aromatic heterocycles. The molecule has 1 aliphatic carbocycles. The smallest absolute Gasteiger partial charge is 0.310 e. The summed E-state index contributed by atoms with van der Waals surface area (Å²) >= 11 is 0. The fraction of sp³-hybridized carbons (Fsp3) is 0.667. The minimum Gasteiger partial charge on any atom is -0.466 e. The van der Waals surface area contributed by atoms with Crippen molar-refractivity contribution in [3.63, 3.8) is 0 Å². The van der Waals surface area contributed by atoms with Crippen molar-refractivity contribution in [2.24, 2.45) is 17.3 Å². The van der Waals surface area contributed by atoms with Gasteiger partial charge < -0.3 is 4.74 Å². The van der Waals surface area contributed by atoms with Crippen LogP contribution in [-0.4, -0.2) is 18.9 Å². The summed E-state index contributed by atoms with van der Waals surface area (Å²) < 4.78 is 4.99. The molecule has 0 saturated heterocycles. The van der Waals surface area contributed by atoms with Gasteiger partial charge in [-0.1, -0.05) is 19.9 Å². The molecule has 1 saturated carbocycles. The summed E-state index contributed by atoms with van der Waals surface area (Å²) in [5, 5.41) is 0. The number of hydrogen-bond acceptors (Lipinski definition) is 3. The van der Waals surface area contributed by atoms with Crippen molar-refractivity contribution >= 4 is 12.3 Å². The molecule has 0 heterocycles. The molecular formula is C12H18O3. The predicted octanol–water partition coefficient (Wildman–Crippen LogP) is 1.97. The monoisotopic (exact) mass is 210 g/mol. The summed E-state index contributed by atoms with van der Waals surface area (Å²) in [4.78, 5) is 22.1. The summed E-state index contributed by atoms with van der Waals surface area (Å²) in [6.45, 7) is 8.01. The van der Waals surface area contributed by atoms with Crippen LogP contribution in [0.15, 0.2) is 11.6 Å². The van der Waals surface area contributed by atoms with E-state index in [0.717, 1.165) is 6.29 Å². The van der Waals surface area contributed by atoms with Gasteiger partial charge in [-0.15, -0.1) is 0 Å². The number of carbonyl (C=O) groups is 2. The highest BCUT2D eigenvalue weighted by Gasteiger charge is 2.61. The Labute approximate surface area is 90.5 Å². The molecule has 1 aliphatic rings. The molecule has 0 spiro atoms. The zero-order valence-corrected chi connectivity index (χ0v) is 9.74. The average molecular weight is 210 g/mol. The molecule has 84 valence electrons. The van der Waals surface area contributed by atoms with Gasteiger partial charge in [-0.25, -0.2) is 0 Å². The highest BCUT2D eigenvalue weighted by atomic mass is 16.5. The van der Waals surface area contributed by atoms with E-state index in [9.17, 15) is 9.59 Å². The standard InChI is InChI=1S/C12H18O3/c1-5-15-11(14)10-9(12(10,3)4)6-8(2)7-13/h6-7,9-10H,5H2,1-4H3/b8-6+. The number of rotatable bonds is 4. The van der Waals surface area contributed by atoms with Crippen molar-refractivity contribution in [2.75, 3.05) is 6.61 Å². The summed E-state index contributed by atoms with van der Waals surface area (Å²) in [7, 11) is 0. The zero-order chi connectivity index (χ0) is 11.6. The van der Waals surface area contributed by atoms with Gasteiger partial charge in [-0.2, -0.15) is 0 Å². The van der Waals surface area contributed by atoms with Crippen molar-refractivity contribution in [2.45, 2.75) is 27.7 Å². The van der Waals surface area contributed by atoms with Crippen LogP contribution < -0.4 is 0 Å². The van der Waals surface area contributed by atoms with Crippen LogP contribution in [0, 0.1) is 17.3 Å². The van der Waals surface area contributed by atoms with E-state index in [-0.39, 0.29) is 23.2 Å². The molecule has 0 aliphatic heterocycles. The number of aldehydes is 1. The van der Waals surface area contributed by atoms with Crippen molar-refractivity contribution in [3.05, 3.63) is 11.6 Å². The average Bonchev–Trinajstić information content (AvgIpc) is 2.68. The topological polar surface area (TPSA) is 43.4 Å².